The summed E-state index contributed by atoms with van der Waals surface area (Å²) in [5.41, 5.74) is 1.75. The van der Waals surface area contributed by atoms with E-state index >= 15 is 0 Å². The van der Waals surface area contributed by atoms with E-state index in [1.165, 1.54) is 0 Å². The van der Waals surface area contributed by atoms with Gasteiger partial charge in [-0.1, -0.05) is 0 Å². The van der Waals surface area contributed by atoms with Gasteiger partial charge in [0.1, 0.15) is 5.82 Å². The molecule has 0 radical (unpaired) electrons. The van der Waals surface area contributed by atoms with Crippen LogP contribution in [0.25, 0.3) is 5.82 Å². The van der Waals surface area contributed by atoms with Gasteiger partial charge in [-0.05, 0) is 39.0 Å². The molecule has 0 unspecified atom stereocenters. The number of aryl methyl sites for hydroxylation is 3. The second-order valence-corrected chi connectivity index (χ2v) is 5.05. The molecular weight excluding hydrogens is 294 g/mol. The van der Waals surface area contributed by atoms with E-state index in [1.807, 2.05) is 26.8 Å². The Labute approximate surface area is 132 Å². The van der Waals surface area contributed by atoms with E-state index in [0.717, 1.165) is 17.2 Å². The number of aromatic nitrogens is 6. The average molecular weight is 309 g/mol. The molecule has 0 aliphatic rings. The van der Waals surface area contributed by atoms with Gasteiger partial charge < -0.3 is 0 Å². The van der Waals surface area contributed by atoms with E-state index in [0.29, 0.717) is 5.82 Å². The van der Waals surface area contributed by atoms with Gasteiger partial charge in [0.15, 0.2) is 11.5 Å². The highest BCUT2D eigenvalue weighted by atomic mass is 16.2. The lowest BCUT2D eigenvalue weighted by Gasteiger charge is -2.06. The summed E-state index contributed by atoms with van der Waals surface area (Å²) in [6, 6.07) is 5.14. The molecule has 1 amide bonds. The van der Waals surface area contributed by atoms with Crippen molar-refractivity contribution in [3.8, 4) is 5.82 Å². The Balaban J connectivity index is 1.79. The fourth-order valence-corrected chi connectivity index (χ4v) is 2.14. The van der Waals surface area contributed by atoms with Crippen LogP contribution in [-0.4, -0.2) is 35.6 Å². The molecule has 23 heavy (non-hydrogen) atoms. The topological polar surface area (TPSA) is 98.5 Å². The van der Waals surface area contributed by atoms with Gasteiger partial charge in [0.2, 0.25) is 5.95 Å². The number of carbonyl (C=O) groups excluding carboxylic acids is 1. The quantitative estimate of drug-likeness (QED) is 0.789. The predicted molar refractivity (Wildman–Crippen MR) is 83.4 cm³/mol. The summed E-state index contributed by atoms with van der Waals surface area (Å²) in [5, 5.41) is 10.6. The van der Waals surface area contributed by atoms with E-state index in [2.05, 4.69) is 30.5 Å². The number of amides is 1. The third-order valence-electron chi connectivity index (χ3n) is 3.16. The van der Waals surface area contributed by atoms with Crippen molar-refractivity contribution in [1.82, 2.24) is 29.7 Å². The van der Waals surface area contributed by atoms with Gasteiger partial charge in [0.05, 0.1) is 0 Å². The minimum Gasteiger partial charge on any atom is -0.289 e. The van der Waals surface area contributed by atoms with Crippen molar-refractivity contribution in [2.45, 2.75) is 20.8 Å². The van der Waals surface area contributed by atoms with Gasteiger partial charge in [0.25, 0.3) is 5.91 Å². The van der Waals surface area contributed by atoms with Crippen LogP contribution < -0.4 is 5.32 Å². The van der Waals surface area contributed by atoms with Crippen LogP contribution in [0.5, 0.6) is 0 Å². The second-order valence-electron chi connectivity index (χ2n) is 5.05. The molecular formula is C15H15N7O. The second kappa shape index (κ2) is 5.91. The number of carbonyl (C=O) groups is 1. The predicted octanol–water partition coefficient (Wildman–Crippen LogP) is 1.63. The van der Waals surface area contributed by atoms with Crippen molar-refractivity contribution in [3.05, 3.63) is 53.5 Å². The van der Waals surface area contributed by atoms with Crippen LogP contribution in [-0.2, 0) is 0 Å². The van der Waals surface area contributed by atoms with Crippen molar-refractivity contribution in [3.63, 3.8) is 0 Å². The maximum Gasteiger partial charge on any atom is 0.278 e. The van der Waals surface area contributed by atoms with Gasteiger partial charge in [-0.15, -0.1) is 10.2 Å². The van der Waals surface area contributed by atoms with Crippen LogP contribution >= 0.6 is 0 Å². The van der Waals surface area contributed by atoms with Gasteiger partial charge in [0, 0.05) is 23.8 Å². The van der Waals surface area contributed by atoms with Crippen molar-refractivity contribution >= 4 is 11.9 Å². The van der Waals surface area contributed by atoms with E-state index in [9.17, 15) is 4.79 Å². The molecule has 0 aromatic carbocycles. The molecule has 1 N–H and O–H groups in total. The number of rotatable bonds is 3. The molecule has 3 rings (SSSR count). The Morgan fingerprint density at radius 1 is 1.09 bits per heavy atom. The maximum absolute atomic E-state index is 12.2. The average Bonchev–Trinajstić information content (AvgIpc) is 2.92. The standard InChI is InChI=1S/C15H15N7O/c1-9-8-10(2)18-15(17-9)19-14(23)12-4-5-13(21-20-12)22-7-6-16-11(22)3/h4-8H,1-3H3,(H,17,18,19,23). The smallest absolute Gasteiger partial charge is 0.278 e. The van der Waals surface area contributed by atoms with Crippen molar-refractivity contribution in [1.29, 1.82) is 0 Å². The van der Waals surface area contributed by atoms with Gasteiger partial charge >= 0.3 is 0 Å². The highest BCUT2D eigenvalue weighted by Crippen LogP contribution is 2.08. The van der Waals surface area contributed by atoms with Crippen LogP contribution in [0, 0.1) is 20.8 Å². The number of anilines is 1. The zero-order valence-electron chi connectivity index (χ0n) is 13.0. The zero-order chi connectivity index (χ0) is 16.4. The number of nitrogens with one attached hydrogen (secondary N) is 1. The first-order chi connectivity index (χ1) is 11.0. The highest BCUT2D eigenvalue weighted by molar-refractivity contribution is 6.01. The first-order valence-corrected chi connectivity index (χ1v) is 7.00. The normalized spacial score (nSPS) is 10.6. The molecule has 3 aromatic heterocycles. The molecule has 0 aliphatic carbocycles. The minimum absolute atomic E-state index is 0.189. The lowest BCUT2D eigenvalue weighted by atomic mass is 10.3. The lowest BCUT2D eigenvalue weighted by Crippen LogP contribution is -2.17. The fraction of sp³-hybridized carbons (Fsp3) is 0.200. The van der Waals surface area contributed by atoms with Crippen molar-refractivity contribution in [2.75, 3.05) is 5.32 Å². The Morgan fingerprint density at radius 2 is 1.83 bits per heavy atom. The van der Waals surface area contributed by atoms with Crippen LogP contribution in [0.3, 0.4) is 0 Å². The third-order valence-corrected chi connectivity index (χ3v) is 3.16. The van der Waals surface area contributed by atoms with E-state index in [-0.39, 0.29) is 11.6 Å². The Bertz CT molecular complexity index is 834. The van der Waals surface area contributed by atoms with Crippen LogP contribution in [0.4, 0.5) is 5.95 Å². The Morgan fingerprint density at radius 3 is 2.39 bits per heavy atom. The summed E-state index contributed by atoms with van der Waals surface area (Å²) in [5.74, 6) is 1.24. The monoisotopic (exact) mass is 309 g/mol. The van der Waals surface area contributed by atoms with Crippen LogP contribution in [0.1, 0.15) is 27.7 Å². The molecule has 0 atom stereocenters. The first-order valence-electron chi connectivity index (χ1n) is 7.00. The summed E-state index contributed by atoms with van der Waals surface area (Å²) >= 11 is 0. The molecule has 0 spiro atoms. The summed E-state index contributed by atoms with van der Waals surface area (Å²) in [6.45, 7) is 5.54. The molecule has 3 aromatic rings. The lowest BCUT2D eigenvalue weighted by molar-refractivity contribution is 0.102. The molecule has 0 aliphatic heterocycles. The van der Waals surface area contributed by atoms with Gasteiger partial charge in [-0.25, -0.2) is 15.0 Å². The van der Waals surface area contributed by atoms with Gasteiger partial charge in [-0.3, -0.25) is 14.7 Å². The first kappa shape index (κ1) is 14.8. The molecule has 0 saturated carbocycles. The van der Waals surface area contributed by atoms with Crippen molar-refractivity contribution in [2.24, 2.45) is 0 Å². The third kappa shape index (κ3) is 3.20. The summed E-state index contributed by atoms with van der Waals surface area (Å²) in [4.78, 5) is 24.6. The largest absolute Gasteiger partial charge is 0.289 e. The van der Waals surface area contributed by atoms with Crippen LogP contribution in [0.2, 0.25) is 0 Å². The number of hydrogen-bond acceptors (Lipinski definition) is 6. The van der Waals surface area contributed by atoms with Gasteiger partial charge in [-0.2, -0.15) is 0 Å². The molecule has 0 fully saturated rings. The Hall–Kier alpha value is -3.16. The maximum atomic E-state index is 12.2. The molecule has 8 nitrogen and oxygen atoms in total. The molecule has 3 heterocycles. The van der Waals surface area contributed by atoms with E-state index in [4.69, 9.17) is 0 Å². The molecule has 0 saturated heterocycles. The molecule has 116 valence electrons. The highest BCUT2D eigenvalue weighted by Gasteiger charge is 2.12. The van der Waals surface area contributed by atoms with E-state index < -0.39 is 5.91 Å². The fourth-order valence-electron chi connectivity index (χ4n) is 2.14. The van der Waals surface area contributed by atoms with Crippen molar-refractivity contribution < 1.29 is 4.79 Å². The molecule has 8 heteroatoms. The Kier molecular flexibility index (Phi) is 3.80. The number of nitrogens with zero attached hydrogens (tertiary/aromatic N) is 6. The number of imidazole rings is 1. The van der Waals surface area contributed by atoms with E-state index in [1.54, 1.807) is 29.1 Å². The SMILES string of the molecule is Cc1cc(C)nc(NC(=O)c2ccc(-n3ccnc3C)nn2)n1. The van der Waals surface area contributed by atoms with Crippen LogP contribution in [0.15, 0.2) is 30.6 Å². The summed E-state index contributed by atoms with van der Waals surface area (Å²) < 4.78 is 1.78. The summed E-state index contributed by atoms with van der Waals surface area (Å²) in [7, 11) is 0. The zero-order valence-corrected chi connectivity index (χ0v) is 13.0. The molecule has 0 bridgehead atoms. The summed E-state index contributed by atoms with van der Waals surface area (Å²) in [6.07, 6.45) is 3.46. The minimum atomic E-state index is -0.406. The number of hydrogen-bond donors (Lipinski definition) is 1.